The molecule has 2 aromatic rings. The van der Waals surface area contributed by atoms with Crippen LogP contribution in [0.5, 0.6) is 0 Å². The highest BCUT2D eigenvalue weighted by Gasteiger charge is 2.74. The fourth-order valence-electron chi connectivity index (χ4n) is 6.30. The van der Waals surface area contributed by atoms with Crippen LogP contribution in [0.4, 0.5) is 24.5 Å². The van der Waals surface area contributed by atoms with Crippen LogP contribution in [0.2, 0.25) is 0 Å². The second-order valence-electron chi connectivity index (χ2n) is 8.70. The summed E-state index contributed by atoms with van der Waals surface area (Å²) in [6.45, 7) is 0.541. The van der Waals surface area contributed by atoms with Gasteiger partial charge in [0.1, 0.15) is 5.54 Å². The Balaban J connectivity index is 1.56. The van der Waals surface area contributed by atoms with Gasteiger partial charge in [-0.1, -0.05) is 30.3 Å². The number of para-hydroxylation sites is 2. The van der Waals surface area contributed by atoms with Crippen molar-refractivity contribution in [3.8, 4) is 0 Å². The van der Waals surface area contributed by atoms with Crippen molar-refractivity contribution in [3.63, 3.8) is 0 Å². The Labute approximate surface area is 181 Å². The summed E-state index contributed by atoms with van der Waals surface area (Å²) in [5.74, 6) is -3.76. The summed E-state index contributed by atoms with van der Waals surface area (Å²) >= 11 is 0. The fraction of sp³-hybridized carbons (Fsp3) is 0.348. The first-order chi connectivity index (χ1) is 15.3. The predicted molar refractivity (Wildman–Crippen MR) is 107 cm³/mol. The molecule has 4 aliphatic heterocycles. The van der Waals surface area contributed by atoms with E-state index < -0.39 is 52.5 Å². The summed E-state index contributed by atoms with van der Waals surface area (Å²) in [6.07, 6.45) is -3.39. The summed E-state index contributed by atoms with van der Waals surface area (Å²) < 4.78 is 41.1. The van der Waals surface area contributed by atoms with E-state index in [9.17, 15) is 27.6 Å². The Morgan fingerprint density at radius 2 is 1.69 bits per heavy atom. The number of imide groups is 1. The first-order valence-electron chi connectivity index (χ1n) is 10.5. The van der Waals surface area contributed by atoms with Gasteiger partial charge in [0.15, 0.2) is 0 Å². The molecule has 0 aromatic heterocycles. The third-order valence-corrected chi connectivity index (χ3v) is 7.35. The Morgan fingerprint density at radius 1 is 0.969 bits per heavy atom. The van der Waals surface area contributed by atoms with E-state index in [4.69, 9.17) is 0 Å². The zero-order chi connectivity index (χ0) is 22.4. The summed E-state index contributed by atoms with van der Waals surface area (Å²) in [5, 5.41) is 2.84. The largest absolute Gasteiger partial charge is 0.418 e. The van der Waals surface area contributed by atoms with Gasteiger partial charge in [0.25, 0.3) is 0 Å². The van der Waals surface area contributed by atoms with Gasteiger partial charge in [-0.15, -0.1) is 0 Å². The lowest BCUT2D eigenvalue weighted by Crippen LogP contribution is -2.54. The maximum atomic E-state index is 13.8. The molecule has 0 radical (unpaired) electrons. The smallest absolute Gasteiger partial charge is 0.324 e. The monoisotopic (exact) mass is 441 g/mol. The second kappa shape index (κ2) is 6.19. The Bertz CT molecular complexity index is 1200. The van der Waals surface area contributed by atoms with Crippen LogP contribution >= 0.6 is 0 Å². The maximum absolute atomic E-state index is 13.8. The first kappa shape index (κ1) is 19.5. The average molecular weight is 441 g/mol. The van der Waals surface area contributed by atoms with Gasteiger partial charge >= 0.3 is 6.18 Å². The molecule has 1 spiro atoms. The minimum atomic E-state index is -4.73. The van der Waals surface area contributed by atoms with Crippen molar-refractivity contribution in [1.82, 2.24) is 4.90 Å². The molecule has 1 N–H and O–H groups in total. The number of benzene rings is 2. The average Bonchev–Trinajstić information content (AvgIpc) is 3.45. The molecule has 9 heteroatoms. The Hall–Kier alpha value is -3.20. The van der Waals surface area contributed by atoms with Crippen LogP contribution in [0.3, 0.4) is 0 Å². The number of fused-ring (bicyclic) bond motifs is 7. The van der Waals surface area contributed by atoms with Crippen LogP contribution in [0.25, 0.3) is 0 Å². The molecule has 0 unspecified atom stereocenters. The van der Waals surface area contributed by atoms with Crippen molar-refractivity contribution in [2.45, 2.75) is 30.6 Å². The molecule has 0 saturated carbocycles. The minimum Gasteiger partial charge on any atom is -0.324 e. The summed E-state index contributed by atoms with van der Waals surface area (Å²) in [6, 6.07) is 11.2. The normalized spacial score (nSPS) is 31.3. The molecule has 4 heterocycles. The van der Waals surface area contributed by atoms with E-state index >= 15 is 0 Å². The number of rotatable bonds is 1. The van der Waals surface area contributed by atoms with Crippen molar-refractivity contribution in [1.29, 1.82) is 0 Å². The molecule has 0 aliphatic carbocycles. The molecule has 6 nitrogen and oxygen atoms in total. The minimum absolute atomic E-state index is 0.378. The van der Waals surface area contributed by atoms with Crippen LogP contribution in [0, 0.1) is 11.8 Å². The standard InChI is InChI=1S/C23H18F3N3O3/c24-23(25,26)13-7-2-4-9-15(13)29-19(30)17-16-10-5-11-28(16)22(18(17)20(29)31)12-6-1-3-8-14(12)27-21(22)32/h1-4,6-9,16-18H,5,10-11H2,(H,27,32)/t16-,17+,18+,22-/m0/s1. The van der Waals surface area contributed by atoms with Gasteiger partial charge in [0.05, 0.1) is 23.1 Å². The number of hydrogen-bond donors (Lipinski definition) is 1. The highest BCUT2D eigenvalue weighted by molar-refractivity contribution is 6.26. The van der Waals surface area contributed by atoms with Crippen LogP contribution < -0.4 is 10.2 Å². The zero-order valence-electron chi connectivity index (χ0n) is 16.7. The van der Waals surface area contributed by atoms with Gasteiger partial charge in [-0.3, -0.25) is 19.3 Å². The maximum Gasteiger partial charge on any atom is 0.418 e. The van der Waals surface area contributed by atoms with Gasteiger partial charge in [-0.2, -0.15) is 13.2 Å². The lowest BCUT2D eigenvalue weighted by atomic mass is 9.75. The lowest BCUT2D eigenvalue weighted by molar-refractivity contribution is -0.138. The van der Waals surface area contributed by atoms with E-state index in [-0.39, 0.29) is 6.04 Å². The number of halogens is 3. The number of alkyl halides is 3. The topological polar surface area (TPSA) is 69.7 Å². The molecular weight excluding hydrogens is 423 g/mol. The molecular formula is C23H18F3N3O3. The van der Waals surface area contributed by atoms with Gasteiger partial charge in [-0.25, -0.2) is 4.90 Å². The van der Waals surface area contributed by atoms with Crippen LogP contribution in [-0.2, 0) is 26.1 Å². The molecule has 164 valence electrons. The fourth-order valence-corrected chi connectivity index (χ4v) is 6.30. The lowest BCUT2D eigenvalue weighted by Gasteiger charge is -2.36. The molecule has 2 aromatic carbocycles. The van der Waals surface area contributed by atoms with E-state index in [2.05, 4.69) is 5.32 Å². The Kier molecular flexibility index (Phi) is 3.77. The van der Waals surface area contributed by atoms with E-state index in [1.165, 1.54) is 12.1 Å². The van der Waals surface area contributed by atoms with Crippen molar-refractivity contribution in [2.75, 3.05) is 16.8 Å². The summed E-state index contributed by atoms with van der Waals surface area (Å²) in [4.78, 5) is 43.4. The number of nitrogens with one attached hydrogen (secondary N) is 1. The molecule has 3 saturated heterocycles. The van der Waals surface area contributed by atoms with Crippen LogP contribution in [-0.4, -0.2) is 35.2 Å². The predicted octanol–water partition coefficient (Wildman–Crippen LogP) is 3.14. The highest BCUT2D eigenvalue weighted by Crippen LogP contribution is 2.61. The first-order valence-corrected chi connectivity index (χ1v) is 10.5. The zero-order valence-corrected chi connectivity index (χ0v) is 16.7. The molecule has 3 amide bonds. The third kappa shape index (κ3) is 2.16. The quantitative estimate of drug-likeness (QED) is 0.691. The molecule has 4 aliphatic rings. The summed E-state index contributed by atoms with van der Waals surface area (Å²) in [5.41, 5.74) is -1.74. The van der Waals surface area contributed by atoms with Gasteiger partial charge < -0.3 is 5.32 Å². The van der Waals surface area contributed by atoms with Crippen LogP contribution in [0.1, 0.15) is 24.0 Å². The molecule has 3 fully saturated rings. The second-order valence-corrected chi connectivity index (χ2v) is 8.70. The number of carbonyl (C=O) groups is 3. The molecule has 32 heavy (non-hydrogen) atoms. The Morgan fingerprint density at radius 3 is 2.47 bits per heavy atom. The molecule has 6 rings (SSSR count). The van der Waals surface area contributed by atoms with Crippen molar-refractivity contribution < 1.29 is 27.6 Å². The summed E-state index contributed by atoms with van der Waals surface area (Å²) in [7, 11) is 0. The van der Waals surface area contributed by atoms with E-state index in [0.29, 0.717) is 29.1 Å². The SMILES string of the molecule is O=C1[C@@H]2[C@@H]3CCCN3[C@]3(C(=O)Nc4ccccc43)[C@H]2C(=O)N1c1ccccc1C(F)(F)F. The van der Waals surface area contributed by atoms with Crippen molar-refractivity contribution in [2.24, 2.45) is 11.8 Å². The van der Waals surface area contributed by atoms with Crippen molar-refractivity contribution in [3.05, 3.63) is 59.7 Å². The van der Waals surface area contributed by atoms with Gasteiger partial charge in [0, 0.05) is 17.3 Å². The van der Waals surface area contributed by atoms with E-state index in [1.54, 1.807) is 24.3 Å². The van der Waals surface area contributed by atoms with Gasteiger partial charge in [0.2, 0.25) is 17.7 Å². The number of carbonyl (C=O) groups excluding carboxylic acids is 3. The molecule has 0 bridgehead atoms. The number of hydrogen-bond acceptors (Lipinski definition) is 4. The molecule has 4 atom stereocenters. The van der Waals surface area contributed by atoms with E-state index in [1.807, 2.05) is 4.90 Å². The van der Waals surface area contributed by atoms with E-state index in [0.717, 1.165) is 18.6 Å². The highest BCUT2D eigenvalue weighted by atomic mass is 19.4. The third-order valence-electron chi connectivity index (χ3n) is 7.35. The van der Waals surface area contributed by atoms with Crippen molar-refractivity contribution >= 4 is 29.1 Å². The number of anilines is 2. The van der Waals surface area contributed by atoms with Crippen LogP contribution in [0.15, 0.2) is 48.5 Å². The number of amides is 3. The number of nitrogens with zero attached hydrogens (tertiary/aromatic N) is 2. The van der Waals surface area contributed by atoms with Gasteiger partial charge in [-0.05, 0) is 37.6 Å².